The summed E-state index contributed by atoms with van der Waals surface area (Å²) in [6.07, 6.45) is 1.78. The van der Waals surface area contributed by atoms with Gasteiger partial charge in [0.05, 0.1) is 33.9 Å². The van der Waals surface area contributed by atoms with Gasteiger partial charge in [0.25, 0.3) is 0 Å². The lowest BCUT2D eigenvalue weighted by molar-refractivity contribution is 0.111. The maximum absolute atomic E-state index is 11.7. The molecule has 0 bridgehead atoms. The van der Waals surface area contributed by atoms with Crippen LogP contribution < -0.4 is 9.47 Å². The van der Waals surface area contributed by atoms with E-state index in [1.165, 1.54) is 12.1 Å². The molecule has 0 fully saturated rings. The van der Waals surface area contributed by atoms with Gasteiger partial charge in [-0.05, 0) is 81.4 Å². The highest BCUT2D eigenvalue weighted by Crippen LogP contribution is 2.44. The summed E-state index contributed by atoms with van der Waals surface area (Å²) < 4.78 is 12.9. The molecule has 0 amide bonds. The fraction of sp³-hybridized carbons (Fsp3) is 0.133. The Morgan fingerprint density at radius 2 is 1.72 bits per heavy atom. The molecule has 0 saturated carbocycles. The van der Waals surface area contributed by atoms with Gasteiger partial charge in [0.1, 0.15) is 17.7 Å². The first-order chi connectivity index (χ1) is 18.9. The molecule has 1 aromatic heterocycles. The van der Waals surface area contributed by atoms with Crippen LogP contribution >= 0.6 is 39.1 Å². The number of carbonyl (C=O) groups is 1. The minimum Gasteiger partial charge on any atom is -0.472 e. The van der Waals surface area contributed by atoms with Crippen LogP contribution in [-0.4, -0.2) is 11.3 Å². The average Bonchev–Trinajstić information content (AvgIpc) is 3.37. The number of rotatable bonds is 7. The summed E-state index contributed by atoms with van der Waals surface area (Å²) in [5.74, 6) is 0.183. The van der Waals surface area contributed by atoms with E-state index in [9.17, 15) is 15.3 Å². The van der Waals surface area contributed by atoms with Crippen molar-refractivity contribution in [2.45, 2.75) is 25.6 Å². The minimum absolute atomic E-state index is 0.0118. The average molecular weight is 619 g/mol. The van der Waals surface area contributed by atoms with Crippen molar-refractivity contribution in [2.75, 3.05) is 0 Å². The van der Waals surface area contributed by atoms with Gasteiger partial charge >= 0.3 is 0 Å². The molecule has 39 heavy (non-hydrogen) atoms. The van der Waals surface area contributed by atoms with Crippen LogP contribution in [0.3, 0.4) is 0 Å². The molecule has 0 N–H and O–H groups in total. The fourth-order valence-corrected chi connectivity index (χ4v) is 5.44. The van der Waals surface area contributed by atoms with E-state index in [4.69, 9.17) is 32.7 Å². The Labute approximate surface area is 243 Å². The van der Waals surface area contributed by atoms with Crippen LogP contribution in [0, 0.1) is 22.7 Å². The number of hydrogen-bond acceptors (Lipinski definition) is 6. The van der Waals surface area contributed by atoms with Gasteiger partial charge in [-0.3, -0.25) is 4.79 Å². The van der Waals surface area contributed by atoms with Crippen LogP contribution in [0.25, 0.3) is 11.1 Å². The zero-order chi connectivity index (χ0) is 27.5. The summed E-state index contributed by atoms with van der Waals surface area (Å²) in [5.41, 5.74) is 5.55. The predicted octanol–water partition coefficient (Wildman–Crippen LogP) is 8.02. The van der Waals surface area contributed by atoms with E-state index in [0.717, 1.165) is 33.1 Å². The van der Waals surface area contributed by atoms with Crippen molar-refractivity contribution in [3.63, 3.8) is 0 Å². The lowest BCUT2D eigenvalue weighted by Gasteiger charge is -2.18. The molecule has 0 saturated heterocycles. The van der Waals surface area contributed by atoms with Crippen molar-refractivity contribution in [3.8, 4) is 35.0 Å². The first-order valence-corrected chi connectivity index (χ1v) is 13.4. The van der Waals surface area contributed by atoms with Crippen LogP contribution in [-0.2, 0) is 13.0 Å². The van der Waals surface area contributed by atoms with Crippen molar-refractivity contribution in [3.05, 3.63) is 109 Å². The van der Waals surface area contributed by atoms with Crippen molar-refractivity contribution in [1.29, 1.82) is 10.5 Å². The number of pyridine rings is 1. The van der Waals surface area contributed by atoms with E-state index < -0.39 is 0 Å². The highest BCUT2D eigenvalue weighted by molar-refractivity contribution is 9.10. The van der Waals surface area contributed by atoms with E-state index in [1.54, 1.807) is 12.1 Å². The summed E-state index contributed by atoms with van der Waals surface area (Å²) in [4.78, 5) is 16.1. The van der Waals surface area contributed by atoms with Crippen molar-refractivity contribution in [1.82, 2.24) is 4.98 Å². The lowest BCUT2D eigenvalue weighted by Crippen LogP contribution is -2.08. The molecule has 4 aromatic rings. The molecule has 1 unspecified atom stereocenters. The van der Waals surface area contributed by atoms with E-state index in [2.05, 4.69) is 20.9 Å². The molecule has 6 nitrogen and oxygen atoms in total. The Morgan fingerprint density at radius 3 is 2.44 bits per heavy atom. The SMILES string of the molecule is N#Cc1cc(C#N)cc(COc2nc(OC3CCc4c(-c5cccc(Br)c5Cl)cccc43)c(Cl)cc2C=O)c1. The summed E-state index contributed by atoms with van der Waals surface area (Å²) >= 11 is 16.5. The summed E-state index contributed by atoms with van der Waals surface area (Å²) in [6.45, 7) is -0.0118. The standard InChI is InChI=1S/C30H18BrCl2N3O3/c31-25-6-2-5-24(28(25)33)21-3-1-4-23-22(21)7-8-27(23)39-30-26(32)12-20(15-37)29(36-30)38-16-19-10-17(13-34)9-18(11-19)14-35/h1-6,9-12,15,27H,7-8,16H2. The van der Waals surface area contributed by atoms with Gasteiger partial charge in [-0.2, -0.15) is 15.5 Å². The first kappa shape index (κ1) is 26.7. The third-order valence-corrected chi connectivity index (χ3v) is 7.97. The van der Waals surface area contributed by atoms with E-state index in [1.807, 2.05) is 48.5 Å². The van der Waals surface area contributed by atoms with Crippen LogP contribution in [0.5, 0.6) is 11.8 Å². The van der Waals surface area contributed by atoms with Gasteiger partial charge in [0.2, 0.25) is 11.8 Å². The molecular weight excluding hydrogens is 601 g/mol. The Bertz CT molecular complexity index is 1660. The van der Waals surface area contributed by atoms with Crippen molar-refractivity contribution >= 4 is 45.4 Å². The number of carbonyl (C=O) groups excluding carboxylic acids is 1. The van der Waals surface area contributed by atoms with E-state index in [-0.39, 0.29) is 35.1 Å². The molecule has 5 rings (SSSR count). The van der Waals surface area contributed by atoms with Gasteiger partial charge in [0.15, 0.2) is 6.29 Å². The Hall–Kier alpha value is -3.88. The second-order valence-electron chi connectivity index (χ2n) is 8.84. The molecule has 1 aliphatic carbocycles. The monoisotopic (exact) mass is 617 g/mol. The number of nitriles is 2. The molecule has 1 heterocycles. The summed E-state index contributed by atoms with van der Waals surface area (Å²) in [7, 11) is 0. The molecule has 3 aromatic carbocycles. The lowest BCUT2D eigenvalue weighted by atomic mass is 9.96. The molecular formula is C30H18BrCl2N3O3. The number of halogens is 3. The number of nitrogens with zero attached hydrogens (tertiary/aromatic N) is 3. The van der Waals surface area contributed by atoms with Crippen molar-refractivity contribution < 1.29 is 14.3 Å². The van der Waals surface area contributed by atoms with E-state index in [0.29, 0.717) is 34.4 Å². The summed E-state index contributed by atoms with van der Waals surface area (Å²) in [5, 5.41) is 19.3. The molecule has 0 radical (unpaired) electrons. The van der Waals surface area contributed by atoms with Crippen LogP contribution in [0.1, 0.15) is 50.7 Å². The van der Waals surface area contributed by atoms with Gasteiger partial charge in [-0.1, -0.05) is 53.5 Å². The van der Waals surface area contributed by atoms with Gasteiger partial charge in [-0.25, -0.2) is 0 Å². The van der Waals surface area contributed by atoms with Crippen LogP contribution in [0.2, 0.25) is 10.0 Å². The quantitative estimate of drug-likeness (QED) is 0.195. The number of benzene rings is 3. The van der Waals surface area contributed by atoms with Crippen LogP contribution in [0.15, 0.2) is 65.1 Å². The highest BCUT2D eigenvalue weighted by atomic mass is 79.9. The fourth-order valence-electron chi connectivity index (χ4n) is 4.65. The maximum Gasteiger partial charge on any atom is 0.236 e. The Balaban J connectivity index is 1.42. The molecule has 1 aliphatic rings. The maximum atomic E-state index is 11.7. The van der Waals surface area contributed by atoms with Gasteiger partial charge in [-0.15, -0.1) is 0 Å². The zero-order valence-corrected chi connectivity index (χ0v) is 23.3. The second-order valence-corrected chi connectivity index (χ2v) is 10.5. The highest BCUT2D eigenvalue weighted by Gasteiger charge is 2.28. The Kier molecular flexibility index (Phi) is 7.86. The molecule has 1 atom stereocenters. The number of hydrogen-bond donors (Lipinski definition) is 0. The van der Waals surface area contributed by atoms with Crippen molar-refractivity contribution in [2.24, 2.45) is 0 Å². The topological polar surface area (TPSA) is 96.0 Å². The molecule has 0 aliphatic heterocycles. The second kappa shape index (κ2) is 11.5. The zero-order valence-electron chi connectivity index (χ0n) is 20.2. The number of aromatic nitrogens is 1. The smallest absolute Gasteiger partial charge is 0.236 e. The third kappa shape index (κ3) is 5.48. The van der Waals surface area contributed by atoms with Crippen LogP contribution in [0.4, 0.5) is 0 Å². The number of ether oxygens (including phenoxy) is 2. The van der Waals surface area contributed by atoms with E-state index >= 15 is 0 Å². The number of fused-ring (bicyclic) bond motifs is 1. The third-order valence-electron chi connectivity index (χ3n) is 6.40. The summed E-state index contributed by atoms with van der Waals surface area (Å²) in [6, 6.07) is 22.1. The molecule has 192 valence electrons. The first-order valence-electron chi connectivity index (χ1n) is 11.9. The van der Waals surface area contributed by atoms with Gasteiger partial charge in [0, 0.05) is 10.0 Å². The number of aldehydes is 1. The largest absolute Gasteiger partial charge is 0.472 e. The van der Waals surface area contributed by atoms with Gasteiger partial charge < -0.3 is 9.47 Å². The minimum atomic E-state index is -0.309. The predicted molar refractivity (Wildman–Crippen MR) is 151 cm³/mol. The molecule has 0 spiro atoms. The molecule has 9 heteroatoms. The normalized spacial score (nSPS) is 13.7. The Morgan fingerprint density at radius 1 is 1.00 bits per heavy atom.